The van der Waals surface area contributed by atoms with Gasteiger partial charge in [0.05, 0.1) is 0 Å². The molecule has 0 aromatic carbocycles. The van der Waals surface area contributed by atoms with Crippen LogP contribution in [-0.2, 0) is 0 Å². The number of nitrogens with zero attached hydrogens (tertiary/aromatic N) is 1. The number of rotatable bonds is 3. The first-order valence-electron chi connectivity index (χ1n) is 7.21. The van der Waals surface area contributed by atoms with E-state index in [2.05, 4.69) is 30.7 Å². The molecule has 0 atom stereocenters. The molecule has 0 saturated heterocycles. The number of H-pyrrole nitrogens is 1. The van der Waals surface area contributed by atoms with Crippen LogP contribution in [0, 0.1) is 10.6 Å². The van der Waals surface area contributed by atoms with E-state index in [0.29, 0.717) is 11.8 Å². The highest BCUT2D eigenvalue weighted by Crippen LogP contribution is 2.35. The van der Waals surface area contributed by atoms with Crippen molar-refractivity contribution in [1.29, 1.82) is 0 Å². The van der Waals surface area contributed by atoms with Crippen molar-refractivity contribution in [3.8, 4) is 0 Å². The lowest BCUT2D eigenvalue weighted by Crippen LogP contribution is -2.15. The summed E-state index contributed by atoms with van der Waals surface area (Å²) in [6, 6.07) is 2.00. The third kappa shape index (κ3) is 3.19. The zero-order valence-electron chi connectivity index (χ0n) is 11.7. The predicted molar refractivity (Wildman–Crippen MR) is 78.5 cm³/mol. The van der Waals surface area contributed by atoms with E-state index < -0.39 is 0 Å². The van der Waals surface area contributed by atoms with Gasteiger partial charge < -0.3 is 4.98 Å². The van der Waals surface area contributed by atoms with Gasteiger partial charge in [0.25, 0.3) is 0 Å². The molecule has 0 spiro atoms. The molecule has 1 N–H and O–H groups in total. The summed E-state index contributed by atoms with van der Waals surface area (Å²) in [6.45, 7) is 6.69. The van der Waals surface area contributed by atoms with Crippen molar-refractivity contribution < 1.29 is 0 Å². The Morgan fingerprint density at radius 1 is 1.33 bits per heavy atom. The Labute approximate surface area is 115 Å². The van der Waals surface area contributed by atoms with Crippen LogP contribution in [0.15, 0.2) is 6.07 Å². The highest BCUT2D eigenvalue weighted by Gasteiger charge is 2.23. The van der Waals surface area contributed by atoms with Gasteiger partial charge in [-0.2, -0.15) is 0 Å². The minimum Gasteiger partial charge on any atom is -0.347 e. The molecular formula is C15H24N2S. The Balaban J connectivity index is 2.16. The summed E-state index contributed by atoms with van der Waals surface area (Å²) in [5.74, 6) is 3.13. The minimum absolute atomic E-state index is 0.487. The molecule has 0 amide bonds. The lowest BCUT2D eigenvalue weighted by Gasteiger charge is -2.27. The van der Waals surface area contributed by atoms with E-state index in [-0.39, 0.29) is 0 Å². The molecule has 0 aliphatic heterocycles. The third-order valence-corrected chi connectivity index (χ3v) is 4.42. The van der Waals surface area contributed by atoms with E-state index in [0.717, 1.165) is 16.4 Å². The molecule has 18 heavy (non-hydrogen) atoms. The standard InChI is InChI=1S/C15H24N2S/c1-4-11-5-7-12(8-6-11)15-16-13(10(2)3)9-14(18)17-15/h9-12H,4-8H2,1-3H3,(H,16,17,18). The van der Waals surface area contributed by atoms with Gasteiger partial charge >= 0.3 is 0 Å². The summed E-state index contributed by atoms with van der Waals surface area (Å²) < 4.78 is 0.741. The van der Waals surface area contributed by atoms with Gasteiger partial charge in [-0.25, -0.2) is 4.98 Å². The van der Waals surface area contributed by atoms with Crippen molar-refractivity contribution in [3.05, 3.63) is 22.2 Å². The van der Waals surface area contributed by atoms with Crippen LogP contribution in [0.25, 0.3) is 0 Å². The van der Waals surface area contributed by atoms with Crippen LogP contribution in [0.4, 0.5) is 0 Å². The van der Waals surface area contributed by atoms with Crippen molar-refractivity contribution in [2.24, 2.45) is 5.92 Å². The van der Waals surface area contributed by atoms with Gasteiger partial charge in [-0.15, -0.1) is 0 Å². The first-order chi connectivity index (χ1) is 8.60. The maximum Gasteiger partial charge on any atom is 0.130 e. The quantitative estimate of drug-likeness (QED) is 0.783. The maximum atomic E-state index is 5.29. The van der Waals surface area contributed by atoms with Crippen LogP contribution in [-0.4, -0.2) is 9.97 Å². The monoisotopic (exact) mass is 264 g/mol. The van der Waals surface area contributed by atoms with Gasteiger partial charge in [0, 0.05) is 11.6 Å². The second-order valence-corrected chi connectivity index (χ2v) is 6.26. The second kappa shape index (κ2) is 5.96. The summed E-state index contributed by atoms with van der Waals surface area (Å²) in [7, 11) is 0. The van der Waals surface area contributed by atoms with Crippen LogP contribution >= 0.6 is 12.2 Å². The van der Waals surface area contributed by atoms with Gasteiger partial charge in [-0.3, -0.25) is 0 Å². The molecular weight excluding hydrogens is 240 g/mol. The first kappa shape index (κ1) is 13.7. The molecule has 1 aliphatic rings. The normalized spacial score (nSPS) is 24.4. The number of hydrogen-bond acceptors (Lipinski definition) is 2. The topological polar surface area (TPSA) is 28.7 Å². The Morgan fingerprint density at radius 2 is 2.00 bits per heavy atom. The molecule has 0 bridgehead atoms. The molecule has 2 rings (SSSR count). The summed E-state index contributed by atoms with van der Waals surface area (Å²) in [5.41, 5.74) is 1.22. The third-order valence-electron chi connectivity index (χ3n) is 4.21. The summed E-state index contributed by atoms with van der Waals surface area (Å²) in [5, 5.41) is 0. The molecule has 1 aromatic rings. The van der Waals surface area contributed by atoms with Gasteiger partial charge in [0.1, 0.15) is 10.5 Å². The average Bonchev–Trinajstić information content (AvgIpc) is 2.38. The van der Waals surface area contributed by atoms with Gasteiger partial charge in [-0.05, 0) is 43.6 Å². The van der Waals surface area contributed by atoms with Crippen molar-refractivity contribution in [2.75, 3.05) is 0 Å². The molecule has 0 radical (unpaired) electrons. The van der Waals surface area contributed by atoms with Crippen molar-refractivity contribution in [3.63, 3.8) is 0 Å². The summed E-state index contributed by atoms with van der Waals surface area (Å²) in [4.78, 5) is 8.06. The summed E-state index contributed by atoms with van der Waals surface area (Å²) >= 11 is 5.29. The molecule has 1 fully saturated rings. The van der Waals surface area contributed by atoms with Crippen LogP contribution in [0.1, 0.15) is 76.2 Å². The highest BCUT2D eigenvalue weighted by atomic mass is 32.1. The Bertz CT molecular complexity index is 442. The first-order valence-corrected chi connectivity index (χ1v) is 7.62. The average molecular weight is 264 g/mol. The highest BCUT2D eigenvalue weighted by molar-refractivity contribution is 7.71. The molecule has 1 saturated carbocycles. The predicted octanol–water partition coefficient (Wildman–Crippen LogP) is 4.95. The smallest absolute Gasteiger partial charge is 0.130 e. The zero-order chi connectivity index (χ0) is 13.1. The molecule has 2 nitrogen and oxygen atoms in total. The Morgan fingerprint density at radius 3 is 2.56 bits per heavy atom. The number of aromatic amines is 1. The van der Waals surface area contributed by atoms with E-state index in [9.17, 15) is 0 Å². The Hall–Kier alpha value is -0.700. The maximum absolute atomic E-state index is 5.29. The second-order valence-electron chi connectivity index (χ2n) is 5.84. The summed E-state index contributed by atoms with van der Waals surface area (Å²) in [6.07, 6.45) is 6.53. The fourth-order valence-electron chi connectivity index (χ4n) is 2.84. The minimum atomic E-state index is 0.487. The van der Waals surface area contributed by atoms with Crippen LogP contribution in [0.3, 0.4) is 0 Å². The van der Waals surface area contributed by atoms with E-state index in [4.69, 9.17) is 12.2 Å². The zero-order valence-corrected chi connectivity index (χ0v) is 12.5. The van der Waals surface area contributed by atoms with E-state index >= 15 is 0 Å². The number of hydrogen-bond donors (Lipinski definition) is 1. The van der Waals surface area contributed by atoms with E-state index in [1.54, 1.807) is 0 Å². The van der Waals surface area contributed by atoms with Crippen LogP contribution in [0.5, 0.6) is 0 Å². The van der Waals surface area contributed by atoms with Crippen molar-refractivity contribution in [1.82, 2.24) is 9.97 Å². The SMILES string of the molecule is CCC1CCC(c2nc(=S)cc(C(C)C)[nH]2)CC1. The largest absolute Gasteiger partial charge is 0.347 e. The van der Waals surface area contributed by atoms with Crippen LogP contribution < -0.4 is 0 Å². The Kier molecular flexibility index (Phi) is 4.55. The molecule has 1 aromatic heterocycles. The fraction of sp³-hybridized carbons (Fsp3) is 0.733. The molecule has 1 heterocycles. The van der Waals surface area contributed by atoms with E-state index in [1.807, 2.05) is 6.07 Å². The van der Waals surface area contributed by atoms with Crippen LogP contribution in [0.2, 0.25) is 0 Å². The lowest BCUT2D eigenvalue weighted by atomic mass is 9.80. The van der Waals surface area contributed by atoms with Crippen molar-refractivity contribution in [2.45, 2.75) is 64.7 Å². The fourth-order valence-corrected chi connectivity index (χ4v) is 3.07. The lowest BCUT2D eigenvalue weighted by molar-refractivity contribution is 0.311. The van der Waals surface area contributed by atoms with Gasteiger partial charge in [0.15, 0.2) is 0 Å². The van der Waals surface area contributed by atoms with Gasteiger partial charge in [0.2, 0.25) is 0 Å². The molecule has 1 aliphatic carbocycles. The molecule has 3 heteroatoms. The van der Waals surface area contributed by atoms with E-state index in [1.165, 1.54) is 37.8 Å². The van der Waals surface area contributed by atoms with Crippen molar-refractivity contribution >= 4 is 12.2 Å². The molecule has 100 valence electrons. The number of nitrogens with one attached hydrogen (secondary N) is 1. The molecule has 0 unspecified atom stereocenters. The van der Waals surface area contributed by atoms with Gasteiger partial charge in [-0.1, -0.05) is 39.4 Å². The number of aromatic nitrogens is 2.